The molecule has 1 heterocycles. The summed E-state index contributed by atoms with van der Waals surface area (Å²) in [6, 6.07) is 11.8. The van der Waals surface area contributed by atoms with E-state index in [2.05, 4.69) is 0 Å². The molecule has 0 aliphatic heterocycles. The Hall–Kier alpha value is -1.71. The molecule has 2 aromatic carbocycles. The second-order valence-corrected chi connectivity index (χ2v) is 5.40. The van der Waals surface area contributed by atoms with E-state index in [1.807, 2.05) is 17.5 Å². The van der Waals surface area contributed by atoms with Crippen LogP contribution in [0.5, 0.6) is 0 Å². The van der Waals surface area contributed by atoms with Crippen molar-refractivity contribution in [3.63, 3.8) is 0 Å². The van der Waals surface area contributed by atoms with Crippen molar-refractivity contribution < 1.29 is 9.18 Å². The number of fused-ring (bicyclic) bond motifs is 1. The van der Waals surface area contributed by atoms with Gasteiger partial charge in [0.25, 0.3) is 0 Å². The third-order valence-corrected chi connectivity index (χ3v) is 4.18. The Bertz CT molecular complexity index is 779. The van der Waals surface area contributed by atoms with Crippen LogP contribution in [0.1, 0.15) is 15.9 Å². The first-order valence-corrected chi connectivity index (χ1v) is 6.89. The average molecular weight is 291 g/mol. The van der Waals surface area contributed by atoms with Gasteiger partial charge in [-0.3, -0.25) is 4.79 Å². The molecule has 0 saturated carbocycles. The van der Waals surface area contributed by atoms with Gasteiger partial charge in [0, 0.05) is 10.3 Å². The molecular formula is C15H8ClFOS. The molecule has 19 heavy (non-hydrogen) atoms. The van der Waals surface area contributed by atoms with Crippen molar-refractivity contribution in [3.05, 3.63) is 69.8 Å². The molecule has 0 atom stereocenters. The molecule has 0 amide bonds. The Morgan fingerprint density at radius 3 is 2.63 bits per heavy atom. The normalized spacial score (nSPS) is 10.8. The zero-order chi connectivity index (χ0) is 13.4. The largest absolute Gasteiger partial charge is 0.288 e. The van der Waals surface area contributed by atoms with E-state index in [0.717, 1.165) is 10.1 Å². The zero-order valence-corrected chi connectivity index (χ0v) is 11.3. The van der Waals surface area contributed by atoms with Crippen LogP contribution < -0.4 is 0 Å². The van der Waals surface area contributed by atoms with Gasteiger partial charge < -0.3 is 0 Å². The lowest BCUT2D eigenvalue weighted by molar-refractivity contribution is 0.103. The van der Waals surface area contributed by atoms with Crippen molar-refractivity contribution in [3.8, 4) is 0 Å². The molecule has 0 radical (unpaired) electrons. The maximum atomic E-state index is 13.9. The summed E-state index contributed by atoms with van der Waals surface area (Å²) in [4.78, 5) is 12.4. The SMILES string of the molecule is O=C(c1cccc(Cl)c1F)c1cccc2ccsc12. The van der Waals surface area contributed by atoms with Crippen molar-refractivity contribution in [1.82, 2.24) is 0 Å². The molecule has 3 rings (SSSR count). The fraction of sp³-hybridized carbons (Fsp3) is 0. The van der Waals surface area contributed by atoms with E-state index >= 15 is 0 Å². The van der Waals surface area contributed by atoms with Crippen molar-refractivity contribution in [2.45, 2.75) is 0 Å². The standard InChI is InChI=1S/C15H8ClFOS/c16-12-6-2-4-10(13(12)17)14(18)11-5-1-3-9-7-8-19-15(9)11/h1-8H. The number of carbonyl (C=O) groups excluding carboxylic acids is 1. The summed E-state index contributed by atoms with van der Waals surface area (Å²) in [5.74, 6) is -1.00. The van der Waals surface area contributed by atoms with Crippen LogP contribution in [-0.2, 0) is 0 Å². The van der Waals surface area contributed by atoms with Gasteiger partial charge in [0.2, 0.25) is 0 Å². The number of hydrogen-bond acceptors (Lipinski definition) is 2. The van der Waals surface area contributed by atoms with E-state index < -0.39 is 5.82 Å². The van der Waals surface area contributed by atoms with E-state index in [-0.39, 0.29) is 16.4 Å². The Morgan fingerprint density at radius 1 is 1.05 bits per heavy atom. The molecule has 0 unspecified atom stereocenters. The van der Waals surface area contributed by atoms with E-state index in [4.69, 9.17) is 11.6 Å². The highest BCUT2D eigenvalue weighted by Gasteiger charge is 2.18. The molecule has 0 bridgehead atoms. The molecule has 0 N–H and O–H groups in total. The first-order chi connectivity index (χ1) is 9.18. The van der Waals surface area contributed by atoms with Crippen LogP contribution in [0.2, 0.25) is 5.02 Å². The topological polar surface area (TPSA) is 17.1 Å². The Balaban J connectivity index is 2.19. The van der Waals surface area contributed by atoms with E-state index in [9.17, 15) is 9.18 Å². The molecule has 0 aliphatic rings. The van der Waals surface area contributed by atoms with Crippen molar-refractivity contribution in [2.24, 2.45) is 0 Å². The van der Waals surface area contributed by atoms with Crippen LogP contribution in [0.25, 0.3) is 10.1 Å². The lowest BCUT2D eigenvalue weighted by Gasteiger charge is -2.05. The molecule has 4 heteroatoms. The molecule has 0 fully saturated rings. The molecule has 1 aromatic heterocycles. The number of benzene rings is 2. The predicted molar refractivity (Wildman–Crippen MR) is 76.7 cm³/mol. The van der Waals surface area contributed by atoms with Gasteiger partial charge in [-0.25, -0.2) is 4.39 Å². The number of thiophene rings is 1. The number of rotatable bonds is 2. The van der Waals surface area contributed by atoms with Gasteiger partial charge >= 0.3 is 0 Å². The van der Waals surface area contributed by atoms with Crippen molar-refractivity contribution in [2.75, 3.05) is 0 Å². The quantitative estimate of drug-likeness (QED) is 0.612. The van der Waals surface area contributed by atoms with E-state index in [1.54, 1.807) is 18.2 Å². The fourth-order valence-electron chi connectivity index (χ4n) is 2.00. The summed E-state index contributed by atoms with van der Waals surface area (Å²) in [7, 11) is 0. The number of halogens is 2. The van der Waals surface area contributed by atoms with Crippen LogP contribution in [0.4, 0.5) is 4.39 Å². The fourth-order valence-corrected chi connectivity index (χ4v) is 3.08. The molecular weight excluding hydrogens is 283 g/mol. The van der Waals surface area contributed by atoms with Gasteiger partial charge in [0.15, 0.2) is 11.6 Å². The van der Waals surface area contributed by atoms with Gasteiger partial charge in [0.1, 0.15) is 0 Å². The third kappa shape index (κ3) is 2.05. The minimum Gasteiger partial charge on any atom is -0.288 e. The Morgan fingerprint density at radius 2 is 1.79 bits per heavy atom. The average Bonchev–Trinajstić information content (AvgIpc) is 2.89. The van der Waals surface area contributed by atoms with Crippen molar-refractivity contribution in [1.29, 1.82) is 0 Å². The highest BCUT2D eigenvalue weighted by atomic mass is 35.5. The van der Waals surface area contributed by atoms with Crippen LogP contribution >= 0.6 is 22.9 Å². The summed E-state index contributed by atoms with van der Waals surface area (Å²) in [5.41, 5.74) is 0.516. The van der Waals surface area contributed by atoms with Crippen LogP contribution in [-0.4, -0.2) is 5.78 Å². The lowest BCUT2D eigenvalue weighted by atomic mass is 10.0. The van der Waals surface area contributed by atoms with Crippen molar-refractivity contribution >= 4 is 38.8 Å². The third-order valence-electron chi connectivity index (χ3n) is 2.92. The van der Waals surface area contributed by atoms with Crippen LogP contribution in [0.15, 0.2) is 47.8 Å². The summed E-state index contributed by atoms with van der Waals surface area (Å²) < 4.78 is 14.8. The second-order valence-electron chi connectivity index (χ2n) is 4.08. The van der Waals surface area contributed by atoms with Gasteiger partial charge in [-0.05, 0) is 35.0 Å². The van der Waals surface area contributed by atoms with E-state index in [0.29, 0.717) is 5.56 Å². The lowest BCUT2D eigenvalue weighted by Crippen LogP contribution is -2.04. The van der Waals surface area contributed by atoms with Gasteiger partial charge in [-0.15, -0.1) is 11.3 Å². The molecule has 0 aliphatic carbocycles. The maximum absolute atomic E-state index is 13.9. The Labute approximate surface area is 118 Å². The minimum absolute atomic E-state index is 0.00778. The Kier molecular flexibility index (Phi) is 3.09. The summed E-state index contributed by atoms with van der Waals surface area (Å²) in [6.07, 6.45) is 0. The maximum Gasteiger partial charge on any atom is 0.197 e. The highest BCUT2D eigenvalue weighted by Crippen LogP contribution is 2.28. The number of carbonyl (C=O) groups is 1. The molecule has 94 valence electrons. The summed E-state index contributed by atoms with van der Waals surface area (Å²) in [6.45, 7) is 0. The number of ketones is 1. The smallest absolute Gasteiger partial charge is 0.197 e. The van der Waals surface area contributed by atoms with Crippen LogP contribution in [0, 0.1) is 5.82 Å². The molecule has 0 saturated heterocycles. The predicted octanol–water partition coefficient (Wildman–Crippen LogP) is 4.92. The van der Waals surface area contributed by atoms with E-state index in [1.165, 1.54) is 23.5 Å². The molecule has 1 nitrogen and oxygen atoms in total. The van der Waals surface area contributed by atoms with Gasteiger partial charge in [-0.2, -0.15) is 0 Å². The second kappa shape index (κ2) is 4.76. The first-order valence-electron chi connectivity index (χ1n) is 5.63. The zero-order valence-electron chi connectivity index (χ0n) is 9.69. The van der Waals surface area contributed by atoms with Gasteiger partial charge in [0.05, 0.1) is 10.6 Å². The minimum atomic E-state index is -0.664. The van der Waals surface area contributed by atoms with Crippen LogP contribution in [0.3, 0.4) is 0 Å². The summed E-state index contributed by atoms with van der Waals surface area (Å²) >= 11 is 7.19. The van der Waals surface area contributed by atoms with Gasteiger partial charge in [-0.1, -0.05) is 29.8 Å². The highest BCUT2D eigenvalue weighted by molar-refractivity contribution is 7.17. The monoisotopic (exact) mass is 290 g/mol. The molecule has 0 spiro atoms. The molecule has 3 aromatic rings. The first kappa shape index (κ1) is 12.3. The summed E-state index contributed by atoms with van der Waals surface area (Å²) in [5, 5.41) is 2.86. The number of hydrogen-bond donors (Lipinski definition) is 0.